The van der Waals surface area contributed by atoms with Crippen molar-refractivity contribution in [3.8, 4) is 0 Å². The lowest BCUT2D eigenvalue weighted by Crippen LogP contribution is -2.51. The van der Waals surface area contributed by atoms with Crippen LogP contribution < -0.4 is 0 Å². The maximum atomic E-state index is 12.9. The zero-order valence-corrected chi connectivity index (χ0v) is 19.7. The van der Waals surface area contributed by atoms with Gasteiger partial charge in [-0.15, -0.1) is 0 Å². The Morgan fingerprint density at radius 3 is 1.94 bits per heavy atom. The van der Waals surface area contributed by atoms with Gasteiger partial charge in [-0.2, -0.15) is 4.31 Å². The zero-order chi connectivity index (χ0) is 22.8. The van der Waals surface area contributed by atoms with E-state index in [2.05, 4.69) is 6.92 Å². The van der Waals surface area contributed by atoms with Crippen molar-refractivity contribution in [3.05, 3.63) is 29.8 Å². The number of piperidine rings is 1. The van der Waals surface area contributed by atoms with Gasteiger partial charge in [0.2, 0.25) is 10.0 Å². The Morgan fingerprint density at radius 2 is 1.42 bits per heavy atom. The molecule has 0 atom stereocenters. The molecule has 2 heterocycles. The number of sulfonamides is 1. The van der Waals surface area contributed by atoms with Gasteiger partial charge in [-0.3, -0.25) is 4.79 Å². The molecule has 8 nitrogen and oxygen atoms in total. The molecule has 2 saturated heterocycles. The molecule has 2 aliphatic heterocycles. The summed E-state index contributed by atoms with van der Waals surface area (Å²) in [5, 5.41) is 0. The van der Waals surface area contributed by atoms with Crippen molar-refractivity contribution in [2.24, 2.45) is 5.92 Å². The molecular formula is C22H33N3O5S. The van der Waals surface area contributed by atoms with E-state index in [0.717, 1.165) is 12.8 Å². The van der Waals surface area contributed by atoms with Gasteiger partial charge in [0.25, 0.3) is 5.91 Å². The Bertz CT molecular complexity index is 892. The molecule has 0 saturated carbocycles. The van der Waals surface area contributed by atoms with Crippen LogP contribution in [0.25, 0.3) is 0 Å². The Balaban J connectivity index is 1.59. The van der Waals surface area contributed by atoms with Crippen LogP contribution in [0.5, 0.6) is 0 Å². The third kappa shape index (κ3) is 5.77. The summed E-state index contributed by atoms with van der Waals surface area (Å²) in [6.07, 6.45) is 1.36. The van der Waals surface area contributed by atoms with Crippen LogP contribution in [-0.2, 0) is 14.8 Å². The van der Waals surface area contributed by atoms with Crippen molar-refractivity contribution in [2.75, 3.05) is 39.3 Å². The van der Waals surface area contributed by atoms with E-state index >= 15 is 0 Å². The average Bonchev–Trinajstić information content (AvgIpc) is 2.72. The number of ether oxygens (including phenoxy) is 1. The second kappa shape index (κ2) is 9.16. The van der Waals surface area contributed by atoms with Gasteiger partial charge in [0.1, 0.15) is 5.60 Å². The standard InChI is InChI=1S/C22H33N3O5S/c1-17-9-11-25(12-10-17)31(28,29)19-7-5-18(6-8-19)20(26)23-13-15-24(16-14-23)21(27)30-22(2,3)4/h5-8,17H,9-16H2,1-4H3. The highest BCUT2D eigenvalue weighted by atomic mass is 32.2. The van der Waals surface area contributed by atoms with Gasteiger partial charge in [-0.05, 0) is 63.8 Å². The van der Waals surface area contributed by atoms with Gasteiger partial charge in [-0.25, -0.2) is 13.2 Å². The van der Waals surface area contributed by atoms with Crippen LogP contribution >= 0.6 is 0 Å². The molecule has 0 aliphatic carbocycles. The van der Waals surface area contributed by atoms with Gasteiger partial charge in [0.05, 0.1) is 4.90 Å². The van der Waals surface area contributed by atoms with Crippen LogP contribution in [0.4, 0.5) is 4.79 Å². The number of carbonyl (C=O) groups is 2. The van der Waals surface area contributed by atoms with Crippen molar-refractivity contribution in [2.45, 2.75) is 51.0 Å². The summed E-state index contributed by atoms with van der Waals surface area (Å²) < 4.78 is 32.6. The fraction of sp³-hybridized carbons (Fsp3) is 0.636. The minimum absolute atomic E-state index is 0.167. The van der Waals surface area contributed by atoms with Crippen molar-refractivity contribution in [1.29, 1.82) is 0 Å². The third-order valence-electron chi connectivity index (χ3n) is 5.70. The number of rotatable bonds is 3. The Hall–Kier alpha value is -2.13. The van der Waals surface area contributed by atoms with Gasteiger partial charge in [0, 0.05) is 44.8 Å². The van der Waals surface area contributed by atoms with E-state index in [1.807, 2.05) is 20.8 Å². The lowest BCUT2D eigenvalue weighted by molar-refractivity contribution is 0.0141. The van der Waals surface area contributed by atoms with E-state index in [9.17, 15) is 18.0 Å². The van der Waals surface area contributed by atoms with Crippen LogP contribution in [0.1, 0.15) is 50.9 Å². The highest BCUT2D eigenvalue weighted by Gasteiger charge is 2.30. The van der Waals surface area contributed by atoms with Crippen LogP contribution in [0.15, 0.2) is 29.2 Å². The number of nitrogens with zero attached hydrogens (tertiary/aromatic N) is 3. The van der Waals surface area contributed by atoms with Gasteiger partial charge in [-0.1, -0.05) is 6.92 Å². The number of piperazine rings is 1. The van der Waals surface area contributed by atoms with Crippen LogP contribution in [0.3, 0.4) is 0 Å². The van der Waals surface area contributed by atoms with Gasteiger partial charge < -0.3 is 14.5 Å². The molecule has 0 bridgehead atoms. The minimum Gasteiger partial charge on any atom is -0.444 e. The van der Waals surface area contributed by atoms with Crippen molar-refractivity contribution >= 4 is 22.0 Å². The smallest absolute Gasteiger partial charge is 0.410 e. The minimum atomic E-state index is -3.53. The molecule has 0 N–H and O–H groups in total. The summed E-state index contributed by atoms with van der Waals surface area (Å²) in [6.45, 7) is 10.3. The van der Waals surface area contributed by atoms with E-state index in [1.165, 1.54) is 16.4 Å². The van der Waals surface area contributed by atoms with E-state index in [0.29, 0.717) is 50.7 Å². The molecule has 2 amide bonds. The topological polar surface area (TPSA) is 87.2 Å². The maximum Gasteiger partial charge on any atom is 0.410 e. The van der Waals surface area contributed by atoms with Crippen molar-refractivity contribution < 1.29 is 22.7 Å². The fourth-order valence-corrected chi connectivity index (χ4v) is 5.21. The zero-order valence-electron chi connectivity index (χ0n) is 18.8. The molecule has 0 spiro atoms. The third-order valence-corrected chi connectivity index (χ3v) is 7.61. The summed E-state index contributed by atoms with van der Waals surface area (Å²) in [5.74, 6) is 0.377. The fourth-order valence-electron chi connectivity index (χ4n) is 3.74. The van der Waals surface area contributed by atoms with Crippen molar-refractivity contribution in [3.63, 3.8) is 0 Å². The predicted molar refractivity (Wildman–Crippen MR) is 117 cm³/mol. The lowest BCUT2D eigenvalue weighted by Gasteiger charge is -2.35. The SMILES string of the molecule is CC1CCN(S(=O)(=O)c2ccc(C(=O)N3CCN(C(=O)OC(C)(C)C)CC3)cc2)CC1. The largest absolute Gasteiger partial charge is 0.444 e. The molecule has 0 aromatic heterocycles. The first-order valence-electron chi connectivity index (χ1n) is 10.8. The Morgan fingerprint density at radius 1 is 0.903 bits per heavy atom. The molecule has 2 aliphatic rings. The molecule has 172 valence electrons. The Labute approximate surface area is 185 Å². The van der Waals surface area contributed by atoms with Crippen molar-refractivity contribution in [1.82, 2.24) is 14.1 Å². The Kier molecular flexibility index (Phi) is 6.95. The number of amides is 2. The molecule has 2 fully saturated rings. The van der Waals surface area contributed by atoms with E-state index in [4.69, 9.17) is 4.74 Å². The van der Waals surface area contributed by atoms with E-state index in [1.54, 1.807) is 21.9 Å². The molecule has 9 heteroatoms. The second-order valence-electron chi connectivity index (χ2n) is 9.37. The van der Waals surface area contributed by atoms with Gasteiger partial charge in [0.15, 0.2) is 0 Å². The molecule has 0 radical (unpaired) electrons. The quantitative estimate of drug-likeness (QED) is 0.705. The summed E-state index contributed by atoms with van der Waals surface area (Å²) in [5.41, 5.74) is -0.115. The number of benzene rings is 1. The summed E-state index contributed by atoms with van der Waals surface area (Å²) in [4.78, 5) is 28.5. The normalized spacial score (nSPS) is 19.4. The van der Waals surface area contributed by atoms with E-state index in [-0.39, 0.29) is 16.9 Å². The van der Waals surface area contributed by atoms with E-state index < -0.39 is 15.6 Å². The summed E-state index contributed by atoms with van der Waals surface area (Å²) in [7, 11) is -3.53. The highest BCUT2D eigenvalue weighted by molar-refractivity contribution is 7.89. The molecule has 3 rings (SSSR count). The summed E-state index contributed by atoms with van der Waals surface area (Å²) in [6, 6.07) is 6.17. The number of carbonyl (C=O) groups excluding carboxylic acids is 2. The molecule has 1 aromatic carbocycles. The lowest BCUT2D eigenvalue weighted by atomic mass is 10.0. The van der Waals surface area contributed by atoms with Crippen LogP contribution in [-0.4, -0.2) is 79.4 Å². The molecule has 31 heavy (non-hydrogen) atoms. The molecule has 0 unspecified atom stereocenters. The van der Waals surface area contributed by atoms with Crippen LogP contribution in [0, 0.1) is 5.92 Å². The first-order valence-corrected chi connectivity index (χ1v) is 12.3. The average molecular weight is 452 g/mol. The van der Waals surface area contributed by atoms with Gasteiger partial charge >= 0.3 is 6.09 Å². The maximum absolute atomic E-state index is 12.9. The first kappa shape index (κ1) is 23.5. The molecule has 1 aromatic rings. The highest BCUT2D eigenvalue weighted by Crippen LogP contribution is 2.24. The second-order valence-corrected chi connectivity index (χ2v) is 11.3. The van der Waals surface area contributed by atoms with Crippen LogP contribution in [0.2, 0.25) is 0 Å². The number of hydrogen-bond donors (Lipinski definition) is 0. The molecular weight excluding hydrogens is 418 g/mol. The first-order chi connectivity index (χ1) is 14.5. The number of hydrogen-bond acceptors (Lipinski definition) is 5. The predicted octanol–water partition coefficient (Wildman–Crippen LogP) is 2.80. The monoisotopic (exact) mass is 451 g/mol. The summed E-state index contributed by atoms with van der Waals surface area (Å²) >= 11 is 0.